The van der Waals surface area contributed by atoms with Crippen LogP contribution in [0.2, 0.25) is 0 Å². The molecule has 0 fully saturated rings. The van der Waals surface area contributed by atoms with Crippen molar-refractivity contribution in [2.45, 2.75) is 19.9 Å². The van der Waals surface area contributed by atoms with Gasteiger partial charge in [-0.2, -0.15) is 0 Å². The molecule has 0 unspecified atom stereocenters. The van der Waals surface area contributed by atoms with Gasteiger partial charge in [-0.1, -0.05) is 0 Å². The molecule has 3 nitrogen and oxygen atoms in total. The second kappa shape index (κ2) is 6.13. The molecule has 0 atom stereocenters. The average molecular weight is 321 g/mol. The molecule has 0 aliphatic heterocycles. The molecule has 0 aliphatic rings. The van der Waals surface area contributed by atoms with Gasteiger partial charge in [0.25, 0.3) is 0 Å². The molecular formula is C12H15BrF2N2O. The molecule has 0 spiro atoms. The van der Waals surface area contributed by atoms with E-state index in [1.807, 2.05) is 13.8 Å². The Bertz CT molecular complexity index is 452. The van der Waals surface area contributed by atoms with E-state index in [0.717, 1.165) is 12.1 Å². The van der Waals surface area contributed by atoms with Crippen LogP contribution in [0.15, 0.2) is 16.6 Å². The van der Waals surface area contributed by atoms with Crippen LogP contribution in [0.5, 0.6) is 0 Å². The number of anilines is 1. The second-order valence-electron chi connectivity index (χ2n) is 4.20. The van der Waals surface area contributed by atoms with Gasteiger partial charge in [-0.15, -0.1) is 0 Å². The lowest BCUT2D eigenvalue weighted by Gasteiger charge is -2.21. The zero-order valence-electron chi connectivity index (χ0n) is 10.4. The first-order valence-electron chi connectivity index (χ1n) is 5.47. The first-order chi connectivity index (χ1) is 8.32. The molecule has 0 bridgehead atoms. The summed E-state index contributed by atoms with van der Waals surface area (Å²) in [7, 11) is 1.66. The Kier molecular flexibility index (Phi) is 5.07. The van der Waals surface area contributed by atoms with Crippen molar-refractivity contribution in [3.8, 4) is 0 Å². The topological polar surface area (TPSA) is 32.3 Å². The number of amides is 1. The summed E-state index contributed by atoms with van der Waals surface area (Å²) in [4.78, 5) is 13.2. The maximum Gasteiger partial charge on any atom is 0.241 e. The third-order valence-corrected chi connectivity index (χ3v) is 3.22. The molecule has 0 radical (unpaired) electrons. The van der Waals surface area contributed by atoms with Crippen LogP contribution in [0, 0.1) is 11.6 Å². The van der Waals surface area contributed by atoms with Gasteiger partial charge in [0.15, 0.2) is 0 Å². The zero-order chi connectivity index (χ0) is 13.9. The lowest BCUT2D eigenvalue weighted by atomic mass is 10.3. The number of benzene rings is 1. The van der Waals surface area contributed by atoms with E-state index in [9.17, 15) is 13.6 Å². The number of likely N-dealkylation sites (N-methyl/N-ethyl adjacent to an activating group) is 1. The van der Waals surface area contributed by atoms with Gasteiger partial charge in [0.2, 0.25) is 5.91 Å². The fourth-order valence-electron chi connectivity index (χ4n) is 1.24. The van der Waals surface area contributed by atoms with Crippen molar-refractivity contribution in [3.05, 3.63) is 28.2 Å². The Hall–Kier alpha value is -1.17. The van der Waals surface area contributed by atoms with Crippen molar-refractivity contribution < 1.29 is 13.6 Å². The summed E-state index contributed by atoms with van der Waals surface area (Å²) >= 11 is 2.88. The Morgan fingerprint density at radius 3 is 2.56 bits per heavy atom. The second-order valence-corrected chi connectivity index (χ2v) is 5.05. The lowest BCUT2D eigenvalue weighted by molar-refractivity contribution is -0.129. The van der Waals surface area contributed by atoms with Crippen LogP contribution in [0.4, 0.5) is 14.5 Å². The fourth-order valence-corrected chi connectivity index (χ4v) is 1.56. The Morgan fingerprint density at radius 1 is 1.39 bits per heavy atom. The number of carbonyl (C=O) groups excluding carboxylic acids is 1. The first-order valence-corrected chi connectivity index (χ1v) is 6.26. The fraction of sp³-hybridized carbons (Fsp3) is 0.417. The highest BCUT2D eigenvalue weighted by Crippen LogP contribution is 2.23. The number of nitrogens with one attached hydrogen (secondary N) is 1. The van der Waals surface area contributed by atoms with E-state index >= 15 is 0 Å². The quantitative estimate of drug-likeness (QED) is 0.865. The van der Waals surface area contributed by atoms with Crippen LogP contribution >= 0.6 is 15.9 Å². The summed E-state index contributed by atoms with van der Waals surface area (Å²) in [6, 6.07) is 2.10. The highest BCUT2D eigenvalue weighted by molar-refractivity contribution is 9.10. The maximum atomic E-state index is 13.5. The summed E-state index contributed by atoms with van der Waals surface area (Å²) in [5.74, 6) is -1.38. The van der Waals surface area contributed by atoms with Gasteiger partial charge in [-0.25, -0.2) is 8.78 Å². The molecule has 0 aromatic heterocycles. The number of hydrogen-bond donors (Lipinski definition) is 1. The van der Waals surface area contributed by atoms with Gasteiger partial charge in [-0.05, 0) is 35.8 Å². The van der Waals surface area contributed by atoms with E-state index in [0.29, 0.717) is 0 Å². The summed E-state index contributed by atoms with van der Waals surface area (Å²) in [6.07, 6.45) is 0. The Balaban J connectivity index is 2.70. The van der Waals surface area contributed by atoms with E-state index in [1.54, 1.807) is 7.05 Å². The van der Waals surface area contributed by atoms with Gasteiger partial charge in [-0.3, -0.25) is 4.79 Å². The normalized spacial score (nSPS) is 10.6. The summed E-state index contributed by atoms with van der Waals surface area (Å²) in [5, 5.41) is 2.59. The molecule has 1 aromatic rings. The van der Waals surface area contributed by atoms with Crippen molar-refractivity contribution in [2.24, 2.45) is 0 Å². The molecule has 1 rings (SSSR count). The van der Waals surface area contributed by atoms with Crippen LogP contribution in [0.3, 0.4) is 0 Å². The van der Waals surface area contributed by atoms with Gasteiger partial charge in [0, 0.05) is 19.2 Å². The van der Waals surface area contributed by atoms with E-state index < -0.39 is 11.6 Å². The van der Waals surface area contributed by atoms with Crippen LogP contribution in [0.1, 0.15) is 13.8 Å². The smallest absolute Gasteiger partial charge is 0.241 e. The number of rotatable bonds is 4. The van der Waals surface area contributed by atoms with Crippen LogP contribution in [-0.2, 0) is 4.79 Å². The standard InChI is InChI=1S/C12H15BrF2N2O/c1-7(2)17(3)12(18)6-16-11-5-9(14)8(13)4-10(11)15/h4-5,7,16H,6H2,1-3H3. The zero-order valence-corrected chi connectivity index (χ0v) is 12.0. The average Bonchev–Trinajstić information content (AvgIpc) is 2.30. The van der Waals surface area contributed by atoms with E-state index in [1.165, 1.54) is 4.90 Å². The highest BCUT2D eigenvalue weighted by atomic mass is 79.9. The number of hydrogen-bond acceptors (Lipinski definition) is 2. The van der Waals surface area contributed by atoms with Crippen molar-refractivity contribution in [1.29, 1.82) is 0 Å². The molecule has 0 aliphatic carbocycles. The molecule has 0 heterocycles. The lowest BCUT2D eigenvalue weighted by Crippen LogP contribution is -2.37. The number of nitrogens with zero attached hydrogens (tertiary/aromatic N) is 1. The monoisotopic (exact) mass is 320 g/mol. The third-order valence-electron chi connectivity index (χ3n) is 2.61. The van der Waals surface area contributed by atoms with Crippen molar-refractivity contribution in [2.75, 3.05) is 18.9 Å². The van der Waals surface area contributed by atoms with E-state index in [4.69, 9.17) is 0 Å². The van der Waals surface area contributed by atoms with Gasteiger partial charge in [0.05, 0.1) is 16.7 Å². The predicted octanol–water partition coefficient (Wildman–Crippen LogP) is 3.01. The molecule has 6 heteroatoms. The summed E-state index contributed by atoms with van der Waals surface area (Å²) < 4.78 is 26.7. The van der Waals surface area contributed by atoms with E-state index in [-0.39, 0.29) is 28.7 Å². The minimum absolute atomic E-state index is 0.0267. The van der Waals surface area contributed by atoms with Crippen LogP contribution in [-0.4, -0.2) is 30.4 Å². The molecule has 0 saturated carbocycles. The van der Waals surface area contributed by atoms with Gasteiger partial charge >= 0.3 is 0 Å². The van der Waals surface area contributed by atoms with Gasteiger partial charge < -0.3 is 10.2 Å². The van der Waals surface area contributed by atoms with Crippen molar-refractivity contribution in [1.82, 2.24) is 4.90 Å². The van der Waals surface area contributed by atoms with Crippen LogP contribution in [0.25, 0.3) is 0 Å². The number of halogens is 3. The molecule has 18 heavy (non-hydrogen) atoms. The molecule has 100 valence electrons. The maximum absolute atomic E-state index is 13.5. The summed E-state index contributed by atoms with van der Waals surface area (Å²) in [6.45, 7) is 3.67. The Labute approximate surface area is 113 Å². The molecule has 0 saturated heterocycles. The Morgan fingerprint density at radius 2 is 2.00 bits per heavy atom. The largest absolute Gasteiger partial charge is 0.374 e. The third kappa shape index (κ3) is 3.66. The molecule has 1 aromatic carbocycles. The molecule has 1 N–H and O–H groups in total. The SMILES string of the molecule is CC(C)N(C)C(=O)CNc1cc(F)c(Br)cc1F. The minimum Gasteiger partial charge on any atom is -0.374 e. The summed E-state index contributed by atoms with van der Waals surface area (Å²) in [5.41, 5.74) is -0.0267. The predicted molar refractivity (Wildman–Crippen MR) is 70.5 cm³/mol. The van der Waals surface area contributed by atoms with E-state index in [2.05, 4.69) is 21.2 Å². The van der Waals surface area contributed by atoms with Crippen molar-refractivity contribution in [3.63, 3.8) is 0 Å². The van der Waals surface area contributed by atoms with Crippen molar-refractivity contribution >= 4 is 27.5 Å². The highest BCUT2D eigenvalue weighted by Gasteiger charge is 2.13. The minimum atomic E-state index is -0.608. The molecular weight excluding hydrogens is 306 g/mol. The number of carbonyl (C=O) groups is 1. The van der Waals surface area contributed by atoms with Crippen LogP contribution < -0.4 is 5.32 Å². The first kappa shape index (κ1) is 14.9. The van der Waals surface area contributed by atoms with Gasteiger partial charge in [0.1, 0.15) is 11.6 Å². The molecule has 1 amide bonds.